The SMILES string of the molecule is O=C(CNC(=O)c1ccc2c(c1)OCO2)NNc1cccc(Cl)c1. The van der Waals surface area contributed by atoms with Crippen LogP contribution in [0, 0.1) is 0 Å². The minimum atomic E-state index is -0.399. The van der Waals surface area contributed by atoms with E-state index in [0.717, 1.165) is 0 Å². The molecule has 1 aliphatic rings. The Morgan fingerprint density at radius 1 is 1.08 bits per heavy atom. The third-order valence-corrected chi connectivity index (χ3v) is 3.45. The lowest BCUT2D eigenvalue weighted by Crippen LogP contribution is -2.39. The van der Waals surface area contributed by atoms with Gasteiger partial charge in [-0.1, -0.05) is 17.7 Å². The topological polar surface area (TPSA) is 88.7 Å². The maximum Gasteiger partial charge on any atom is 0.257 e. The second kappa shape index (κ2) is 7.10. The van der Waals surface area contributed by atoms with Crippen LogP contribution in [0.1, 0.15) is 10.4 Å². The highest BCUT2D eigenvalue weighted by Gasteiger charge is 2.16. The highest BCUT2D eigenvalue weighted by molar-refractivity contribution is 6.30. The largest absolute Gasteiger partial charge is 0.454 e. The van der Waals surface area contributed by atoms with E-state index in [0.29, 0.717) is 27.8 Å². The van der Waals surface area contributed by atoms with Crippen molar-refractivity contribution in [1.29, 1.82) is 0 Å². The van der Waals surface area contributed by atoms with Gasteiger partial charge in [0.15, 0.2) is 11.5 Å². The van der Waals surface area contributed by atoms with E-state index in [-0.39, 0.29) is 19.2 Å². The summed E-state index contributed by atoms with van der Waals surface area (Å²) >= 11 is 5.84. The Labute approximate surface area is 142 Å². The predicted molar refractivity (Wildman–Crippen MR) is 88.1 cm³/mol. The first-order valence-electron chi connectivity index (χ1n) is 7.10. The van der Waals surface area contributed by atoms with Crippen LogP contribution in [0.15, 0.2) is 42.5 Å². The molecule has 1 aliphatic heterocycles. The number of carbonyl (C=O) groups excluding carboxylic acids is 2. The number of carbonyl (C=O) groups is 2. The molecule has 0 spiro atoms. The Bertz CT molecular complexity index is 782. The summed E-state index contributed by atoms with van der Waals surface area (Å²) in [4.78, 5) is 23.8. The lowest BCUT2D eigenvalue weighted by Gasteiger charge is -2.09. The molecule has 2 aromatic rings. The number of hydrogen-bond acceptors (Lipinski definition) is 5. The summed E-state index contributed by atoms with van der Waals surface area (Å²) in [6.45, 7) is -0.0428. The van der Waals surface area contributed by atoms with Gasteiger partial charge in [0.25, 0.3) is 11.8 Å². The molecule has 7 nitrogen and oxygen atoms in total. The van der Waals surface area contributed by atoms with E-state index in [4.69, 9.17) is 21.1 Å². The number of amides is 2. The highest BCUT2D eigenvalue weighted by Crippen LogP contribution is 2.32. The summed E-state index contributed by atoms with van der Waals surface area (Å²) in [6.07, 6.45) is 0. The molecule has 0 fully saturated rings. The van der Waals surface area contributed by atoms with Crippen molar-refractivity contribution in [3.05, 3.63) is 53.1 Å². The van der Waals surface area contributed by atoms with E-state index in [1.807, 2.05) is 0 Å². The number of nitrogens with one attached hydrogen (secondary N) is 3. The van der Waals surface area contributed by atoms with Crippen LogP contribution in [0.25, 0.3) is 0 Å². The molecule has 3 N–H and O–H groups in total. The van der Waals surface area contributed by atoms with Crippen molar-refractivity contribution >= 4 is 29.1 Å². The van der Waals surface area contributed by atoms with Crippen molar-refractivity contribution in [2.45, 2.75) is 0 Å². The van der Waals surface area contributed by atoms with Gasteiger partial charge in [0.2, 0.25) is 6.79 Å². The van der Waals surface area contributed by atoms with E-state index in [2.05, 4.69) is 16.2 Å². The second-order valence-corrected chi connectivity index (χ2v) is 5.37. The van der Waals surface area contributed by atoms with E-state index >= 15 is 0 Å². The first kappa shape index (κ1) is 15.9. The first-order chi connectivity index (χ1) is 11.6. The monoisotopic (exact) mass is 347 g/mol. The number of halogens is 1. The van der Waals surface area contributed by atoms with Gasteiger partial charge in [-0.3, -0.25) is 20.4 Å². The molecule has 124 valence electrons. The van der Waals surface area contributed by atoms with E-state index < -0.39 is 5.91 Å². The fourth-order valence-electron chi connectivity index (χ4n) is 2.05. The molecule has 2 amide bonds. The summed E-state index contributed by atoms with van der Waals surface area (Å²) in [5.74, 6) is 0.319. The standard InChI is InChI=1S/C16H14ClN3O4/c17-11-2-1-3-12(7-11)19-20-15(21)8-18-16(22)10-4-5-13-14(6-10)24-9-23-13/h1-7,19H,8-9H2,(H,18,22)(H,20,21). The van der Waals surface area contributed by atoms with Gasteiger partial charge in [0, 0.05) is 10.6 Å². The van der Waals surface area contributed by atoms with Gasteiger partial charge in [-0.25, -0.2) is 0 Å². The highest BCUT2D eigenvalue weighted by atomic mass is 35.5. The number of hydrogen-bond donors (Lipinski definition) is 3. The Morgan fingerprint density at radius 3 is 2.75 bits per heavy atom. The molecule has 0 bridgehead atoms. The third-order valence-electron chi connectivity index (χ3n) is 3.22. The Kier molecular flexibility index (Phi) is 4.72. The van der Waals surface area contributed by atoms with Crippen molar-refractivity contribution in [1.82, 2.24) is 10.7 Å². The van der Waals surface area contributed by atoms with E-state index in [1.54, 1.807) is 42.5 Å². The molecule has 0 aromatic heterocycles. The third kappa shape index (κ3) is 3.88. The van der Waals surface area contributed by atoms with Gasteiger partial charge in [0.1, 0.15) is 0 Å². The number of ether oxygens (including phenoxy) is 2. The van der Waals surface area contributed by atoms with Crippen molar-refractivity contribution < 1.29 is 19.1 Å². The first-order valence-corrected chi connectivity index (χ1v) is 7.48. The van der Waals surface area contributed by atoms with Gasteiger partial charge >= 0.3 is 0 Å². The number of anilines is 1. The van der Waals surface area contributed by atoms with Gasteiger partial charge in [-0.2, -0.15) is 0 Å². The van der Waals surface area contributed by atoms with Gasteiger partial charge < -0.3 is 14.8 Å². The smallest absolute Gasteiger partial charge is 0.257 e. The normalized spacial score (nSPS) is 11.7. The maximum atomic E-state index is 12.0. The van der Waals surface area contributed by atoms with Gasteiger partial charge in [-0.05, 0) is 36.4 Å². The van der Waals surface area contributed by atoms with E-state index in [1.165, 1.54) is 0 Å². The fourth-order valence-corrected chi connectivity index (χ4v) is 2.24. The molecule has 24 heavy (non-hydrogen) atoms. The molecule has 8 heteroatoms. The summed E-state index contributed by atoms with van der Waals surface area (Å²) in [5.41, 5.74) is 6.20. The molecule has 0 radical (unpaired) electrons. The number of hydrazine groups is 1. The zero-order chi connectivity index (χ0) is 16.9. The second-order valence-electron chi connectivity index (χ2n) is 4.93. The van der Waals surface area contributed by atoms with Crippen LogP contribution >= 0.6 is 11.6 Å². The number of rotatable bonds is 5. The summed E-state index contributed by atoms with van der Waals surface area (Å²) < 4.78 is 10.4. The summed E-state index contributed by atoms with van der Waals surface area (Å²) in [6, 6.07) is 11.7. The molecule has 0 saturated carbocycles. The van der Waals surface area contributed by atoms with Crippen LogP contribution in [0.2, 0.25) is 5.02 Å². The predicted octanol–water partition coefficient (Wildman–Crippen LogP) is 1.94. The lowest BCUT2D eigenvalue weighted by atomic mass is 10.2. The van der Waals surface area contributed by atoms with Crippen LogP contribution in [0.3, 0.4) is 0 Å². The van der Waals surface area contributed by atoms with Gasteiger partial charge in [0.05, 0.1) is 12.2 Å². The van der Waals surface area contributed by atoms with Crippen LogP contribution < -0.4 is 25.6 Å². The Morgan fingerprint density at radius 2 is 1.92 bits per heavy atom. The van der Waals surface area contributed by atoms with Crippen LogP contribution in [0.5, 0.6) is 11.5 Å². The van der Waals surface area contributed by atoms with Crippen molar-refractivity contribution in [2.24, 2.45) is 0 Å². The Hall–Kier alpha value is -2.93. The molecule has 0 saturated heterocycles. The van der Waals surface area contributed by atoms with Crippen molar-refractivity contribution in [3.8, 4) is 11.5 Å². The van der Waals surface area contributed by atoms with Crippen LogP contribution in [-0.4, -0.2) is 25.2 Å². The quantitative estimate of drug-likeness (QED) is 0.719. The fraction of sp³-hybridized carbons (Fsp3) is 0.125. The summed E-state index contributed by atoms with van der Waals surface area (Å²) in [5, 5.41) is 3.07. The summed E-state index contributed by atoms with van der Waals surface area (Å²) in [7, 11) is 0. The maximum absolute atomic E-state index is 12.0. The van der Waals surface area contributed by atoms with Crippen molar-refractivity contribution in [3.63, 3.8) is 0 Å². The molecule has 1 heterocycles. The molecule has 3 rings (SSSR count). The molecule has 0 unspecified atom stereocenters. The van der Waals surface area contributed by atoms with Gasteiger partial charge in [-0.15, -0.1) is 0 Å². The van der Waals surface area contributed by atoms with Crippen LogP contribution in [0.4, 0.5) is 5.69 Å². The van der Waals surface area contributed by atoms with Crippen molar-refractivity contribution in [2.75, 3.05) is 18.8 Å². The van der Waals surface area contributed by atoms with E-state index in [9.17, 15) is 9.59 Å². The molecule has 0 aliphatic carbocycles. The van der Waals surface area contributed by atoms with Crippen LogP contribution in [-0.2, 0) is 4.79 Å². The molecular weight excluding hydrogens is 334 g/mol. The lowest BCUT2D eigenvalue weighted by molar-refractivity contribution is -0.119. The zero-order valence-electron chi connectivity index (χ0n) is 12.5. The Balaban J connectivity index is 1.48. The minimum Gasteiger partial charge on any atom is -0.454 e. The number of fused-ring (bicyclic) bond motifs is 1. The number of benzene rings is 2. The minimum absolute atomic E-state index is 0.137. The average molecular weight is 348 g/mol. The average Bonchev–Trinajstić information content (AvgIpc) is 3.05. The zero-order valence-corrected chi connectivity index (χ0v) is 13.2. The molecular formula is C16H14ClN3O4. The molecule has 2 aromatic carbocycles. The molecule has 0 atom stereocenters.